The van der Waals surface area contributed by atoms with E-state index in [1.54, 1.807) is 20.8 Å². The van der Waals surface area contributed by atoms with Gasteiger partial charge in [-0.05, 0) is 51.0 Å². The van der Waals surface area contributed by atoms with Gasteiger partial charge in [0, 0.05) is 5.54 Å². The van der Waals surface area contributed by atoms with Crippen LogP contribution >= 0.6 is 0 Å². The third-order valence-corrected chi connectivity index (χ3v) is 4.22. The fraction of sp³-hybridized carbons (Fsp3) is 0.500. The highest BCUT2D eigenvalue weighted by Crippen LogP contribution is 2.18. The molecule has 1 rings (SSSR count). The number of sulfone groups is 1. The summed E-state index contributed by atoms with van der Waals surface area (Å²) in [6.07, 6.45) is 0.367. The molecule has 0 aliphatic heterocycles. The molecule has 5 heteroatoms. The van der Waals surface area contributed by atoms with E-state index in [1.807, 2.05) is 0 Å². The maximum absolute atomic E-state index is 13.0. The van der Waals surface area contributed by atoms with E-state index in [0.29, 0.717) is 12.0 Å². The first-order chi connectivity index (χ1) is 7.62. The Bertz CT molecular complexity index is 504. The minimum Gasteiger partial charge on any atom is -0.326 e. The first-order valence-electron chi connectivity index (χ1n) is 5.40. The van der Waals surface area contributed by atoms with Gasteiger partial charge in [-0.1, -0.05) is 0 Å². The molecule has 0 radical (unpaired) electrons. The van der Waals surface area contributed by atoms with Crippen molar-refractivity contribution in [3.05, 3.63) is 29.6 Å². The zero-order valence-electron chi connectivity index (χ0n) is 10.3. The zero-order valence-corrected chi connectivity index (χ0v) is 11.1. The second-order valence-corrected chi connectivity index (χ2v) is 7.08. The standard InChI is InChI=1S/C12H18FNO2S/c1-9-8-10(4-5-11(9)13)17(15,16)7-6-12(2,3)14/h4-5,8H,6-7,14H2,1-3H3. The molecule has 0 saturated carbocycles. The predicted molar refractivity (Wildman–Crippen MR) is 66.1 cm³/mol. The number of aryl methyl sites for hydroxylation is 1. The Kier molecular flexibility index (Phi) is 3.94. The molecule has 0 heterocycles. The van der Waals surface area contributed by atoms with Gasteiger partial charge in [0.05, 0.1) is 10.6 Å². The second-order valence-electron chi connectivity index (χ2n) is 4.97. The molecule has 17 heavy (non-hydrogen) atoms. The summed E-state index contributed by atoms with van der Waals surface area (Å²) >= 11 is 0. The van der Waals surface area contributed by atoms with E-state index in [0.717, 1.165) is 0 Å². The van der Waals surface area contributed by atoms with Crippen molar-refractivity contribution in [3.63, 3.8) is 0 Å². The number of rotatable bonds is 4. The van der Waals surface area contributed by atoms with Gasteiger partial charge < -0.3 is 5.73 Å². The summed E-state index contributed by atoms with van der Waals surface area (Å²) in [6, 6.07) is 3.82. The number of benzene rings is 1. The van der Waals surface area contributed by atoms with E-state index in [1.165, 1.54) is 18.2 Å². The van der Waals surface area contributed by atoms with Crippen molar-refractivity contribution < 1.29 is 12.8 Å². The zero-order chi connectivity index (χ0) is 13.3. The molecule has 0 bridgehead atoms. The van der Waals surface area contributed by atoms with Crippen LogP contribution in [0.15, 0.2) is 23.1 Å². The highest BCUT2D eigenvalue weighted by molar-refractivity contribution is 7.91. The summed E-state index contributed by atoms with van der Waals surface area (Å²) < 4.78 is 37.0. The van der Waals surface area contributed by atoms with Crippen LogP contribution in [-0.4, -0.2) is 19.7 Å². The highest BCUT2D eigenvalue weighted by Gasteiger charge is 2.20. The number of halogens is 1. The minimum absolute atomic E-state index is 0.0262. The third kappa shape index (κ3) is 4.09. The lowest BCUT2D eigenvalue weighted by molar-refractivity contribution is 0.495. The summed E-state index contributed by atoms with van der Waals surface area (Å²) in [5.41, 5.74) is 5.56. The average Bonchev–Trinajstić information content (AvgIpc) is 2.18. The molecule has 0 saturated heterocycles. The van der Waals surface area contributed by atoms with Crippen molar-refractivity contribution in [3.8, 4) is 0 Å². The summed E-state index contributed by atoms with van der Waals surface area (Å²) in [7, 11) is -3.38. The smallest absolute Gasteiger partial charge is 0.178 e. The Morgan fingerprint density at radius 2 is 1.94 bits per heavy atom. The maximum Gasteiger partial charge on any atom is 0.178 e. The van der Waals surface area contributed by atoms with E-state index in [2.05, 4.69) is 0 Å². The fourth-order valence-corrected chi connectivity index (χ4v) is 2.99. The molecular weight excluding hydrogens is 241 g/mol. The Morgan fingerprint density at radius 1 is 1.35 bits per heavy atom. The van der Waals surface area contributed by atoms with Gasteiger partial charge in [0.25, 0.3) is 0 Å². The van der Waals surface area contributed by atoms with Crippen LogP contribution in [0.5, 0.6) is 0 Å². The Balaban J connectivity index is 2.94. The first kappa shape index (κ1) is 14.1. The van der Waals surface area contributed by atoms with Crippen LogP contribution in [0.2, 0.25) is 0 Å². The van der Waals surface area contributed by atoms with E-state index in [4.69, 9.17) is 5.73 Å². The van der Waals surface area contributed by atoms with Crippen molar-refractivity contribution in [2.45, 2.75) is 37.6 Å². The van der Waals surface area contributed by atoms with Gasteiger partial charge in [0.2, 0.25) is 0 Å². The van der Waals surface area contributed by atoms with Crippen LogP contribution in [0.1, 0.15) is 25.8 Å². The molecule has 96 valence electrons. The fourth-order valence-electron chi connectivity index (χ4n) is 1.33. The van der Waals surface area contributed by atoms with Crippen LogP contribution in [-0.2, 0) is 9.84 Å². The van der Waals surface area contributed by atoms with Crippen LogP contribution in [0.25, 0.3) is 0 Å². The van der Waals surface area contributed by atoms with Crippen molar-refractivity contribution >= 4 is 9.84 Å². The molecule has 0 atom stereocenters. The molecule has 2 N–H and O–H groups in total. The van der Waals surface area contributed by atoms with Gasteiger partial charge >= 0.3 is 0 Å². The lowest BCUT2D eigenvalue weighted by Gasteiger charge is -2.18. The largest absolute Gasteiger partial charge is 0.326 e. The number of hydrogen-bond acceptors (Lipinski definition) is 3. The van der Waals surface area contributed by atoms with E-state index >= 15 is 0 Å². The second kappa shape index (κ2) is 4.74. The molecule has 1 aromatic rings. The lowest BCUT2D eigenvalue weighted by atomic mass is 10.0. The molecule has 0 aliphatic carbocycles. The van der Waals surface area contributed by atoms with Crippen LogP contribution in [0.4, 0.5) is 4.39 Å². The molecule has 0 amide bonds. The number of nitrogens with two attached hydrogens (primary N) is 1. The predicted octanol–water partition coefficient (Wildman–Crippen LogP) is 2.04. The van der Waals surface area contributed by atoms with Crippen LogP contribution in [0.3, 0.4) is 0 Å². The first-order valence-corrected chi connectivity index (χ1v) is 7.05. The molecule has 0 aliphatic rings. The summed E-state index contributed by atoms with van der Waals surface area (Å²) in [6.45, 7) is 5.10. The molecule has 0 spiro atoms. The normalized spacial score (nSPS) is 12.8. The molecule has 0 fully saturated rings. The summed E-state index contributed by atoms with van der Waals surface area (Å²) in [4.78, 5) is 0.153. The Labute approximate surface area is 102 Å². The van der Waals surface area contributed by atoms with Gasteiger partial charge in [-0.25, -0.2) is 12.8 Å². The Morgan fingerprint density at radius 3 is 2.41 bits per heavy atom. The monoisotopic (exact) mass is 259 g/mol. The van der Waals surface area contributed by atoms with Crippen LogP contribution in [0, 0.1) is 12.7 Å². The van der Waals surface area contributed by atoms with Gasteiger partial charge in [0.15, 0.2) is 9.84 Å². The minimum atomic E-state index is -3.38. The molecule has 0 unspecified atom stereocenters. The van der Waals surface area contributed by atoms with Crippen molar-refractivity contribution in [1.82, 2.24) is 0 Å². The van der Waals surface area contributed by atoms with Crippen LogP contribution < -0.4 is 5.73 Å². The van der Waals surface area contributed by atoms with Crippen molar-refractivity contribution in [1.29, 1.82) is 0 Å². The molecule has 0 aromatic heterocycles. The third-order valence-electron chi connectivity index (χ3n) is 2.50. The Hall–Kier alpha value is -0.940. The van der Waals surface area contributed by atoms with E-state index in [-0.39, 0.29) is 10.6 Å². The van der Waals surface area contributed by atoms with Gasteiger partial charge in [-0.15, -0.1) is 0 Å². The van der Waals surface area contributed by atoms with Gasteiger partial charge in [0.1, 0.15) is 5.82 Å². The molecular formula is C12H18FNO2S. The topological polar surface area (TPSA) is 60.2 Å². The highest BCUT2D eigenvalue weighted by atomic mass is 32.2. The summed E-state index contributed by atoms with van der Waals surface area (Å²) in [5, 5.41) is 0. The quantitative estimate of drug-likeness (QED) is 0.842. The molecule has 3 nitrogen and oxygen atoms in total. The van der Waals surface area contributed by atoms with E-state index in [9.17, 15) is 12.8 Å². The lowest BCUT2D eigenvalue weighted by Crippen LogP contribution is -2.34. The van der Waals surface area contributed by atoms with Gasteiger partial charge in [-0.3, -0.25) is 0 Å². The van der Waals surface area contributed by atoms with Gasteiger partial charge in [-0.2, -0.15) is 0 Å². The molecule has 1 aromatic carbocycles. The SMILES string of the molecule is Cc1cc(S(=O)(=O)CCC(C)(C)N)ccc1F. The maximum atomic E-state index is 13.0. The average molecular weight is 259 g/mol. The van der Waals surface area contributed by atoms with Crippen molar-refractivity contribution in [2.24, 2.45) is 5.73 Å². The number of hydrogen-bond donors (Lipinski definition) is 1. The van der Waals surface area contributed by atoms with E-state index < -0.39 is 21.2 Å². The summed E-state index contributed by atoms with van der Waals surface area (Å²) in [5.74, 6) is -0.426. The van der Waals surface area contributed by atoms with Crippen molar-refractivity contribution in [2.75, 3.05) is 5.75 Å².